The molecule has 1 aromatic carbocycles. The average Bonchev–Trinajstić information content (AvgIpc) is 2.57. The van der Waals surface area contributed by atoms with E-state index in [1.165, 1.54) is 33.5 Å². The van der Waals surface area contributed by atoms with Crippen LogP contribution < -0.4 is 10.9 Å². The Morgan fingerprint density at radius 1 is 1.15 bits per heavy atom. The van der Waals surface area contributed by atoms with Gasteiger partial charge < -0.3 is 10.3 Å². The highest BCUT2D eigenvalue weighted by Crippen LogP contribution is 2.51. The highest BCUT2D eigenvalue weighted by atomic mass is 16.1. The van der Waals surface area contributed by atoms with Crippen molar-refractivity contribution in [3.63, 3.8) is 0 Å². The van der Waals surface area contributed by atoms with Crippen molar-refractivity contribution in [2.75, 3.05) is 5.32 Å². The van der Waals surface area contributed by atoms with Crippen molar-refractivity contribution in [2.45, 2.75) is 46.1 Å². The van der Waals surface area contributed by atoms with Gasteiger partial charge in [-0.25, -0.2) is 0 Å². The van der Waals surface area contributed by atoms with E-state index in [-0.39, 0.29) is 11.1 Å². The summed E-state index contributed by atoms with van der Waals surface area (Å²) in [5.74, 6) is 0.330. The average molecular weight is 346 g/mol. The van der Waals surface area contributed by atoms with Crippen molar-refractivity contribution in [1.82, 2.24) is 4.98 Å². The second kappa shape index (κ2) is 6.01. The van der Waals surface area contributed by atoms with Gasteiger partial charge in [0.25, 0.3) is 0 Å². The number of hydrogen-bond acceptors (Lipinski definition) is 2. The van der Waals surface area contributed by atoms with Gasteiger partial charge in [-0.2, -0.15) is 0 Å². The second-order valence-electron chi connectivity index (χ2n) is 7.76. The van der Waals surface area contributed by atoms with Gasteiger partial charge in [-0.05, 0) is 63.3 Å². The van der Waals surface area contributed by atoms with Crippen LogP contribution in [0.5, 0.6) is 0 Å². The Bertz CT molecular complexity index is 975. The molecule has 0 aliphatic heterocycles. The number of rotatable bonds is 2. The summed E-state index contributed by atoms with van der Waals surface area (Å²) >= 11 is 0. The van der Waals surface area contributed by atoms with Crippen LogP contribution in [-0.4, -0.2) is 4.98 Å². The van der Waals surface area contributed by atoms with Gasteiger partial charge in [0, 0.05) is 28.9 Å². The number of nitrogens with one attached hydrogen (secondary N) is 2. The van der Waals surface area contributed by atoms with Gasteiger partial charge >= 0.3 is 0 Å². The number of aryl methyl sites for hydroxylation is 2. The molecule has 0 saturated heterocycles. The Labute approximate surface area is 154 Å². The van der Waals surface area contributed by atoms with Crippen molar-refractivity contribution in [3.05, 3.63) is 86.4 Å². The second-order valence-corrected chi connectivity index (χ2v) is 7.76. The van der Waals surface area contributed by atoms with E-state index in [0.717, 1.165) is 18.5 Å². The number of benzene rings is 1. The van der Waals surface area contributed by atoms with E-state index in [4.69, 9.17) is 0 Å². The van der Waals surface area contributed by atoms with Crippen molar-refractivity contribution in [1.29, 1.82) is 0 Å². The SMILES string of the molecule is C/C=C1\[C@H]2C=C(C)C[C@]1(Nc1c(C)cccc1C)c1ccc(=O)[nH]c1C2. The Morgan fingerprint density at radius 2 is 1.88 bits per heavy atom. The first-order chi connectivity index (χ1) is 12.4. The zero-order chi connectivity index (χ0) is 18.5. The van der Waals surface area contributed by atoms with Gasteiger partial charge in [0.2, 0.25) is 5.56 Å². The van der Waals surface area contributed by atoms with Gasteiger partial charge in [-0.15, -0.1) is 0 Å². The molecule has 2 aliphatic carbocycles. The highest BCUT2D eigenvalue weighted by Gasteiger charge is 2.47. The molecule has 0 fully saturated rings. The lowest BCUT2D eigenvalue weighted by atomic mass is 9.63. The van der Waals surface area contributed by atoms with Crippen LogP contribution in [0.1, 0.15) is 42.7 Å². The van der Waals surface area contributed by atoms with Crippen LogP contribution in [0.3, 0.4) is 0 Å². The molecule has 4 rings (SSSR count). The summed E-state index contributed by atoms with van der Waals surface area (Å²) < 4.78 is 0. The van der Waals surface area contributed by atoms with Crippen molar-refractivity contribution in [2.24, 2.45) is 5.92 Å². The first-order valence-electron chi connectivity index (χ1n) is 9.35. The third-order valence-corrected chi connectivity index (χ3v) is 5.94. The summed E-state index contributed by atoms with van der Waals surface area (Å²) in [6, 6.07) is 10.1. The quantitative estimate of drug-likeness (QED) is 0.770. The molecule has 0 saturated carbocycles. The molecule has 0 spiro atoms. The van der Waals surface area contributed by atoms with Crippen molar-refractivity contribution in [3.8, 4) is 0 Å². The zero-order valence-electron chi connectivity index (χ0n) is 15.9. The summed E-state index contributed by atoms with van der Waals surface area (Å²) in [5.41, 5.74) is 8.44. The fourth-order valence-electron chi connectivity index (χ4n) is 4.92. The lowest BCUT2D eigenvalue weighted by Crippen LogP contribution is -2.47. The van der Waals surface area contributed by atoms with Gasteiger partial charge in [0.05, 0.1) is 5.54 Å². The van der Waals surface area contributed by atoms with E-state index in [0.29, 0.717) is 5.92 Å². The Morgan fingerprint density at radius 3 is 2.58 bits per heavy atom. The van der Waals surface area contributed by atoms with Gasteiger partial charge in [-0.1, -0.05) is 35.9 Å². The molecule has 3 nitrogen and oxygen atoms in total. The number of aromatic amines is 1. The predicted octanol–water partition coefficient (Wildman–Crippen LogP) is 4.77. The standard InChI is InChI=1S/C23H26N2O/c1-5-18-17-11-14(2)13-23(18,19-9-10-21(26)24-20(19)12-17)25-22-15(3)7-6-8-16(22)4/h5-11,17,25H,12-13H2,1-4H3,(H,24,26)/b18-5+/t17-,23+/m0/s1. The lowest BCUT2D eigenvalue weighted by molar-refractivity contribution is 0.439. The van der Waals surface area contributed by atoms with Crippen LogP contribution in [0.15, 0.2) is 58.4 Å². The molecular weight excluding hydrogens is 320 g/mol. The highest BCUT2D eigenvalue weighted by molar-refractivity contribution is 5.64. The molecular formula is C23H26N2O. The minimum atomic E-state index is -0.299. The number of fused-ring (bicyclic) bond motifs is 4. The smallest absolute Gasteiger partial charge is 0.248 e. The topological polar surface area (TPSA) is 44.9 Å². The zero-order valence-corrected chi connectivity index (χ0v) is 15.9. The maximum atomic E-state index is 11.9. The van der Waals surface area contributed by atoms with Gasteiger partial charge in [0.1, 0.15) is 0 Å². The molecule has 1 heterocycles. The molecule has 134 valence electrons. The molecule has 26 heavy (non-hydrogen) atoms. The fraction of sp³-hybridized carbons (Fsp3) is 0.348. The first-order valence-corrected chi connectivity index (χ1v) is 9.35. The number of H-pyrrole nitrogens is 1. The molecule has 3 heteroatoms. The van der Waals surface area contributed by atoms with E-state index in [9.17, 15) is 4.79 Å². The summed E-state index contributed by atoms with van der Waals surface area (Å²) in [6.07, 6.45) is 6.41. The molecule has 2 bridgehead atoms. The Balaban J connectivity index is 1.98. The van der Waals surface area contributed by atoms with Crippen LogP contribution in [0.2, 0.25) is 0 Å². The molecule has 1 aromatic heterocycles. The number of pyridine rings is 1. The van der Waals surface area contributed by atoms with E-state index in [1.807, 2.05) is 6.07 Å². The van der Waals surface area contributed by atoms with Crippen LogP contribution >= 0.6 is 0 Å². The minimum Gasteiger partial charge on any atom is -0.371 e. The molecule has 2 N–H and O–H groups in total. The van der Waals surface area contributed by atoms with Crippen molar-refractivity contribution >= 4 is 5.69 Å². The molecule has 0 amide bonds. The lowest BCUT2D eigenvalue weighted by Gasteiger charge is -2.49. The third kappa shape index (κ3) is 2.45. The van der Waals surface area contributed by atoms with E-state index >= 15 is 0 Å². The number of hydrogen-bond donors (Lipinski definition) is 2. The number of aromatic nitrogens is 1. The van der Waals surface area contributed by atoms with E-state index in [1.54, 1.807) is 6.07 Å². The molecule has 2 aromatic rings. The molecule has 0 radical (unpaired) electrons. The van der Waals surface area contributed by atoms with Gasteiger partial charge in [0.15, 0.2) is 0 Å². The summed E-state index contributed by atoms with van der Waals surface area (Å²) in [5, 5.41) is 3.94. The molecule has 2 aliphatic rings. The number of para-hydroxylation sites is 1. The Hall–Kier alpha value is -2.55. The summed E-state index contributed by atoms with van der Waals surface area (Å²) in [4.78, 5) is 15.0. The van der Waals surface area contributed by atoms with Crippen LogP contribution in [0, 0.1) is 19.8 Å². The largest absolute Gasteiger partial charge is 0.371 e. The van der Waals surface area contributed by atoms with Crippen LogP contribution in [0.25, 0.3) is 0 Å². The van der Waals surface area contributed by atoms with Crippen molar-refractivity contribution < 1.29 is 0 Å². The first kappa shape index (κ1) is 16.9. The Kier molecular flexibility index (Phi) is 3.91. The summed E-state index contributed by atoms with van der Waals surface area (Å²) in [7, 11) is 0. The maximum Gasteiger partial charge on any atom is 0.248 e. The van der Waals surface area contributed by atoms with Gasteiger partial charge in [-0.3, -0.25) is 4.79 Å². The normalized spacial score (nSPS) is 25.6. The number of anilines is 1. The molecule has 0 unspecified atom stereocenters. The van der Waals surface area contributed by atoms with Crippen LogP contribution in [-0.2, 0) is 12.0 Å². The minimum absolute atomic E-state index is 0.0197. The monoisotopic (exact) mass is 346 g/mol. The van der Waals surface area contributed by atoms with E-state index < -0.39 is 0 Å². The third-order valence-electron chi connectivity index (χ3n) is 5.94. The maximum absolute atomic E-state index is 11.9. The fourth-order valence-corrected chi connectivity index (χ4v) is 4.92. The van der Waals surface area contributed by atoms with E-state index in [2.05, 4.69) is 68.3 Å². The van der Waals surface area contributed by atoms with Crippen LogP contribution in [0.4, 0.5) is 5.69 Å². The predicted molar refractivity (Wildman–Crippen MR) is 108 cm³/mol. The summed E-state index contributed by atoms with van der Waals surface area (Å²) in [6.45, 7) is 8.66. The molecule has 2 atom stereocenters. The number of allylic oxidation sites excluding steroid dienone is 2.